The number of nitrogens with two attached hydrogens (primary N) is 1. The first-order chi connectivity index (χ1) is 10.6. The predicted molar refractivity (Wildman–Crippen MR) is 89.3 cm³/mol. The van der Waals surface area contributed by atoms with Gasteiger partial charge in [-0.05, 0) is 18.6 Å². The highest BCUT2D eigenvalue weighted by molar-refractivity contribution is 7.99. The largest absolute Gasteiger partial charge is 0.480 e. The lowest BCUT2D eigenvalue weighted by Crippen LogP contribution is -2.43. The van der Waals surface area contributed by atoms with Gasteiger partial charge in [-0.1, -0.05) is 13.8 Å². The monoisotopic (exact) mass is 346 g/mol. The number of carboxylic acid groups (broad SMARTS) is 1. The van der Waals surface area contributed by atoms with Gasteiger partial charge in [0.15, 0.2) is 5.78 Å². The maximum Gasteiger partial charge on any atom is 0.320 e. The SMILES string of the molecule is CC(=O)CCC(=O)C(CSC(C)C)NC(=O)CCC(N)C(=O)O. The number of nitrogens with one attached hydrogen (secondary N) is 1. The van der Waals surface area contributed by atoms with Crippen molar-refractivity contribution in [2.24, 2.45) is 5.73 Å². The maximum atomic E-state index is 12.1. The highest BCUT2D eigenvalue weighted by atomic mass is 32.2. The smallest absolute Gasteiger partial charge is 0.320 e. The van der Waals surface area contributed by atoms with Crippen LogP contribution in [0.5, 0.6) is 0 Å². The van der Waals surface area contributed by atoms with Crippen LogP contribution in [0, 0.1) is 0 Å². The molecule has 1 amide bonds. The molecule has 2 atom stereocenters. The van der Waals surface area contributed by atoms with Gasteiger partial charge in [0.05, 0.1) is 6.04 Å². The molecule has 0 rings (SSSR count). The molecule has 23 heavy (non-hydrogen) atoms. The van der Waals surface area contributed by atoms with Gasteiger partial charge in [-0.15, -0.1) is 0 Å². The van der Waals surface area contributed by atoms with Crippen molar-refractivity contribution in [1.82, 2.24) is 5.32 Å². The van der Waals surface area contributed by atoms with Gasteiger partial charge in [0.25, 0.3) is 0 Å². The summed E-state index contributed by atoms with van der Waals surface area (Å²) in [6.45, 7) is 5.38. The highest BCUT2D eigenvalue weighted by Gasteiger charge is 2.22. The molecule has 7 nitrogen and oxygen atoms in total. The number of rotatable bonds is 12. The fraction of sp³-hybridized carbons (Fsp3) is 0.733. The zero-order chi connectivity index (χ0) is 18.0. The van der Waals surface area contributed by atoms with Crippen LogP contribution in [0.1, 0.15) is 46.5 Å². The molecule has 0 aliphatic carbocycles. The third-order valence-corrected chi connectivity index (χ3v) is 4.24. The number of carbonyl (C=O) groups excluding carboxylic acids is 3. The standard InChI is InChI=1S/C15H26N2O5S/c1-9(2)23-8-12(13(19)6-4-10(3)18)17-14(20)7-5-11(16)15(21)22/h9,11-12H,4-8,16H2,1-3H3,(H,17,20)(H,21,22). The van der Waals surface area contributed by atoms with E-state index in [0.29, 0.717) is 11.0 Å². The third-order valence-electron chi connectivity index (χ3n) is 3.04. The Kier molecular flexibility index (Phi) is 10.5. The van der Waals surface area contributed by atoms with Crippen LogP contribution >= 0.6 is 11.8 Å². The van der Waals surface area contributed by atoms with Crippen LogP contribution in [-0.2, 0) is 19.2 Å². The summed E-state index contributed by atoms with van der Waals surface area (Å²) in [6, 6.07) is -1.77. The van der Waals surface area contributed by atoms with Gasteiger partial charge in [0.2, 0.25) is 5.91 Å². The second kappa shape index (κ2) is 11.2. The summed E-state index contributed by atoms with van der Waals surface area (Å²) in [5, 5.41) is 11.6. The fourth-order valence-electron chi connectivity index (χ4n) is 1.65. The topological polar surface area (TPSA) is 127 Å². The average molecular weight is 346 g/mol. The quantitative estimate of drug-likeness (QED) is 0.476. The number of Topliss-reactive ketones (excluding diaryl/α,β-unsaturated/α-hetero) is 2. The fourth-order valence-corrected chi connectivity index (χ4v) is 2.50. The predicted octanol–water partition coefficient (Wildman–Crippen LogP) is 0.743. The number of ketones is 2. The molecule has 4 N–H and O–H groups in total. The third kappa shape index (κ3) is 10.9. The summed E-state index contributed by atoms with van der Waals surface area (Å²) in [6.07, 6.45) is 0.193. The molecule has 8 heteroatoms. The number of hydrogen-bond acceptors (Lipinski definition) is 6. The van der Waals surface area contributed by atoms with Crippen LogP contribution in [0.15, 0.2) is 0 Å². The first kappa shape index (κ1) is 21.6. The van der Waals surface area contributed by atoms with Gasteiger partial charge in [-0.25, -0.2) is 0 Å². The van der Waals surface area contributed by atoms with E-state index in [1.807, 2.05) is 13.8 Å². The van der Waals surface area contributed by atoms with Gasteiger partial charge in [0, 0.05) is 25.0 Å². The summed E-state index contributed by atoms with van der Waals surface area (Å²) < 4.78 is 0. The number of hydrogen-bond donors (Lipinski definition) is 3. The van der Waals surface area contributed by atoms with Crippen molar-refractivity contribution in [1.29, 1.82) is 0 Å². The van der Waals surface area contributed by atoms with Crippen molar-refractivity contribution in [3.05, 3.63) is 0 Å². The van der Waals surface area contributed by atoms with E-state index in [4.69, 9.17) is 10.8 Å². The lowest BCUT2D eigenvalue weighted by Gasteiger charge is -2.18. The first-order valence-corrected chi connectivity index (χ1v) is 8.59. The molecule has 0 radical (unpaired) electrons. The Hall–Kier alpha value is -1.41. The van der Waals surface area contributed by atoms with Crippen LogP contribution in [0.4, 0.5) is 0 Å². The Morgan fingerprint density at radius 2 is 1.74 bits per heavy atom. The second-order valence-corrected chi connectivity index (χ2v) is 7.26. The van der Waals surface area contributed by atoms with Crippen molar-refractivity contribution in [3.8, 4) is 0 Å². The summed E-state index contributed by atoms with van der Waals surface area (Å²) >= 11 is 1.53. The molecule has 132 valence electrons. The van der Waals surface area contributed by atoms with E-state index in [1.54, 1.807) is 0 Å². The molecule has 0 saturated carbocycles. The molecular formula is C15H26N2O5S. The van der Waals surface area contributed by atoms with Gasteiger partial charge < -0.3 is 21.0 Å². The molecule has 0 spiro atoms. The minimum atomic E-state index is -1.16. The number of carbonyl (C=O) groups is 4. The van der Waals surface area contributed by atoms with E-state index in [1.165, 1.54) is 18.7 Å². The van der Waals surface area contributed by atoms with Crippen LogP contribution in [-0.4, -0.2) is 51.6 Å². The van der Waals surface area contributed by atoms with Crippen molar-refractivity contribution in [3.63, 3.8) is 0 Å². The van der Waals surface area contributed by atoms with Crippen molar-refractivity contribution >= 4 is 35.2 Å². The average Bonchev–Trinajstić information content (AvgIpc) is 2.45. The summed E-state index contributed by atoms with van der Waals surface area (Å²) in [5.41, 5.74) is 5.35. The molecule has 0 bridgehead atoms. The van der Waals surface area contributed by atoms with Crippen LogP contribution in [0.25, 0.3) is 0 Å². The number of amides is 1. The Bertz CT molecular complexity index is 440. The molecule has 2 unspecified atom stereocenters. The van der Waals surface area contributed by atoms with Gasteiger partial charge in [0.1, 0.15) is 11.8 Å². The van der Waals surface area contributed by atoms with Crippen molar-refractivity contribution in [2.75, 3.05) is 5.75 Å². The number of carboxylic acids is 1. The van der Waals surface area contributed by atoms with E-state index in [0.717, 1.165) is 0 Å². The lowest BCUT2D eigenvalue weighted by atomic mass is 10.1. The molecule has 0 heterocycles. The van der Waals surface area contributed by atoms with E-state index >= 15 is 0 Å². The van der Waals surface area contributed by atoms with Gasteiger partial charge in [-0.2, -0.15) is 11.8 Å². The molecule has 0 aromatic carbocycles. The van der Waals surface area contributed by atoms with Crippen LogP contribution in [0.2, 0.25) is 0 Å². The molecule has 0 saturated heterocycles. The van der Waals surface area contributed by atoms with Crippen molar-refractivity contribution in [2.45, 2.75) is 63.8 Å². The molecule has 0 aliphatic heterocycles. The first-order valence-electron chi connectivity index (χ1n) is 7.55. The highest BCUT2D eigenvalue weighted by Crippen LogP contribution is 2.13. The van der Waals surface area contributed by atoms with E-state index < -0.39 is 24.0 Å². The van der Waals surface area contributed by atoms with Crippen molar-refractivity contribution < 1.29 is 24.3 Å². The minimum Gasteiger partial charge on any atom is -0.480 e. The van der Waals surface area contributed by atoms with Crippen LogP contribution in [0.3, 0.4) is 0 Å². The Morgan fingerprint density at radius 3 is 2.22 bits per heavy atom. The van der Waals surface area contributed by atoms with E-state index in [2.05, 4.69) is 5.32 Å². The summed E-state index contributed by atoms with van der Waals surface area (Å²) in [7, 11) is 0. The summed E-state index contributed by atoms with van der Waals surface area (Å²) in [5.74, 6) is -1.42. The molecular weight excluding hydrogens is 320 g/mol. The van der Waals surface area contributed by atoms with E-state index in [9.17, 15) is 19.2 Å². The Labute approximate surface area is 140 Å². The summed E-state index contributed by atoms with van der Waals surface area (Å²) in [4.78, 5) is 45.6. The van der Waals surface area contributed by atoms with E-state index in [-0.39, 0.29) is 37.2 Å². The van der Waals surface area contributed by atoms with Crippen LogP contribution < -0.4 is 11.1 Å². The Balaban J connectivity index is 4.54. The number of aliphatic carboxylic acids is 1. The number of thioether (sulfide) groups is 1. The maximum absolute atomic E-state index is 12.1. The molecule has 0 fully saturated rings. The zero-order valence-electron chi connectivity index (χ0n) is 13.8. The lowest BCUT2D eigenvalue weighted by molar-refractivity contribution is -0.138. The normalized spacial score (nSPS) is 13.4. The van der Waals surface area contributed by atoms with Gasteiger partial charge >= 0.3 is 5.97 Å². The molecule has 0 aromatic rings. The molecule has 0 aliphatic rings. The minimum absolute atomic E-state index is 0.00679. The molecule has 0 aromatic heterocycles. The van der Waals surface area contributed by atoms with Gasteiger partial charge in [-0.3, -0.25) is 14.4 Å². The Morgan fingerprint density at radius 1 is 1.13 bits per heavy atom. The zero-order valence-corrected chi connectivity index (χ0v) is 14.6. The second-order valence-electron chi connectivity index (χ2n) is 5.65.